The third-order valence-corrected chi connectivity index (χ3v) is 4.82. The standard InChI is InChI=1S/C18H25NO5/c1-22-10-6-9-18(16(20)23-2,17(21)24-3)15-13-8-5-4-7-12(13)11-14(15)19/h4-5,7-8,14-15H,6,9-11,19H2,1-3H3/t14-,15-/m1/s1. The van der Waals surface area contributed by atoms with Crippen LogP contribution in [0.15, 0.2) is 24.3 Å². The first-order valence-electron chi connectivity index (χ1n) is 8.02. The number of hydrogen-bond acceptors (Lipinski definition) is 6. The Bertz CT molecular complexity index is 585. The van der Waals surface area contributed by atoms with Crippen LogP contribution < -0.4 is 5.73 Å². The smallest absolute Gasteiger partial charge is 0.323 e. The Morgan fingerprint density at radius 1 is 1.17 bits per heavy atom. The number of carbonyl (C=O) groups is 2. The lowest BCUT2D eigenvalue weighted by Crippen LogP contribution is -2.50. The summed E-state index contributed by atoms with van der Waals surface area (Å²) >= 11 is 0. The summed E-state index contributed by atoms with van der Waals surface area (Å²) in [5.74, 6) is -1.70. The highest BCUT2D eigenvalue weighted by molar-refractivity contribution is 6.01. The summed E-state index contributed by atoms with van der Waals surface area (Å²) in [5, 5.41) is 0. The van der Waals surface area contributed by atoms with E-state index in [9.17, 15) is 9.59 Å². The number of esters is 2. The van der Waals surface area contributed by atoms with Crippen molar-refractivity contribution in [3.63, 3.8) is 0 Å². The van der Waals surface area contributed by atoms with Gasteiger partial charge in [-0.2, -0.15) is 0 Å². The Labute approximate surface area is 142 Å². The molecule has 0 fully saturated rings. The van der Waals surface area contributed by atoms with Gasteiger partial charge in [-0.1, -0.05) is 24.3 Å². The lowest BCUT2D eigenvalue weighted by Gasteiger charge is -2.36. The van der Waals surface area contributed by atoms with Crippen LogP contribution in [0.2, 0.25) is 0 Å². The van der Waals surface area contributed by atoms with Gasteiger partial charge >= 0.3 is 11.9 Å². The van der Waals surface area contributed by atoms with Gasteiger partial charge in [-0.05, 0) is 30.4 Å². The molecule has 1 aliphatic carbocycles. The molecule has 1 aromatic rings. The average molecular weight is 335 g/mol. The lowest BCUT2D eigenvalue weighted by molar-refractivity contribution is -0.172. The number of benzene rings is 1. The molecule has 0 amide bonds. The molecule has 1 aromatic carbocycles. The van der Waals surface area contributed by atoms with Crippen molar-refractivity contribution in [1.29, 1.82) is 0 Å². The molecule has 6 heteroatoms. The molecule has 0 aromatic heterocycles. The van der Waals surface area contributed by atoms with E-state index < -0.39 is 23.3 Å². The summed E-state index contributed by atoms with van der Waals surface area (Å²) in [6, 6.07) is 7.35. The van der Waals surface area contributed by atoms with E-state index in [-0.39, 0.29) is 12.5 Å². The van der Waals surface area contributed by atoms with E-state index in [1.54, 1.807) is 7.11 Å². The van der Waals surface area contributed by atoms with Crippen LogP contribution in [0.3, 0.4) is 0 Å². The van der Waals surface area contributed by atoms with E-state index in [1.807, 2.05) is 24.3 Å². The summed E-state index contributed by atoms with van der Waals surface area (Å²) in [6.45, 7) is 0.430. The summed E-state index contributed by atoms with van der Waals surface area (Å²) in [6.07, 6.45) is 1.39. The Balaban J connectivity index is 2.55. The lowest BCUT2D eigenvalue weighted by atomic mass is 9.68. The molecule has 0 unspecified atom stereocenters. The summed E-state index contributed by atoms with van der Waals surface area (Å²) in [7, 11) is 4.14. The van der Waals surface area contributed by atoms with Gasteiger partial charge in [0.25, 0.3) is 0 Å². The van der Waals surface area contributed by atoms with Crippen molar-refractivity contribution in [1.82, 2.24) is 0 Å². The molecule has 24 heavy (non-hydrogen) atoms. The fourth-order valence-electron chi connectivity index (χ4n) is 3.81. The Morgan fingerprint density at radius 2 is 1.79 bits per heavy atom. The minimum atomic E-state index is -1.46. The van der Waals surface area contributed by atoms with E-state index in [4.69, 9.17) is 19.9 Å². The van der Waals surface area contributed by atoms with Crippen molar-refractivity contribution in [3.05, 3.63) is 35.4 Å². The van der Waals surface area contributed by atoms with E-state index in [2.05, 4.69) is 0 Å². The van der Waals surface area contributed by atoms with E-state index in [1.165, 1.54) is 14.2 Å². The molecule has 0 radical (unpaired) electrons. The molecule has 132 valence electrons. The zero-order chi connectivity index (χ0) is 17.7. The largest absolute Gasteiger partial charge is 0.468 e. The first kappa shape index (κ1) is 18.4. The third-order valence-electron chi connectivity index (χ3n) is 4.82. The van der Waals surface area contributed by atoms with Crippen LogP contribution in [0.5, 0.6) is 0 Å². The molecule has 1 aliphatic rings. The predicted molar refractivity (Wildman–Crippen MR) is 88.4 cm³/mol. The second-order valence-electron chi connectivity index (χ2n) is 6.10. The number of methoxy groups -OCH3 is 3. The van der Waals surface area contributed by atoms with E-state index in [0.29, 0.717) is 19.4 Å². The Kier molecular flexibility index (Phi) is 5.96. The predicted octanol–water partition coefficient (Wildman–Crippen LogP) is 1.41. The minimum absolute atomic E-state index is 0.257. The van der Waals surface area contributed by atoms with Crippen LogP contribution in [0.4, 0.5) is 0 Å². The number of nitrogens with two attached hydrogens (primary N) is 1. The third kappa shape index (κ3) is 3.03. The van der Waals surface area contributed by atoms with Crippen molar-refractivity contribution < 1.29 is 23.8 Å². The van der Waals surface area contributed by atoms with Gasteiger partial charge < -0.3 is 19.9 Å². The molecule has 2 atom stereocenters. The highest BCUT2D eigenvalue weighted by Crippen LogP contribution is 2.49. The topological polar surface area (TPSA) is 87.8 Å². The van der Waals surface area contributed by atoms with Crippen molar-refractivity contribution in [3.8, 4) is 0 Å². The van der Waals surface area contributed by atoms with Gasteiger partial charge in [-0.15, -0.1) is 0 Å². The first-order chi connectivity index (χ1) is 11.5. The maximum absolute atomic E-state index is 12.8. The molecule has 0 bridgehead atoms. The van der Waals surface area contributed by atoms with Gasteiger partial charge in [0.05, 0.1) is 14.2 Å². The van der Waals surface area contributed by atoms with Gasteiger partial charge in [0.15, 0.2) is 5.41 Å². The van der Waals surface area contributed by atoms with Crippen LogP contribution >= 0.6 is 0 Å². The van der Waals surface area contributed by atoms with Gasteiger partial charge in [-0.3, -0.25) is 9.59 Å². The number of ether oxygens (including phenoxy) is 3. The minimum Gasteiger partial charge on any atom is -0.468 e. The number of fused-ring (bicyclic) bond motifs is 1. The maximum Gasteiger partial charge on any atom is 0.323 e. The van der Waals surface area contributed by atoms with Crippen molar-refractivity contribution in [2.24, 2.45) is 11.1 Å². The Hall–Kier alpha value is -1.92. The molecule has 0 saturated carbocycles. The number of carbonyl (C=O) groups excluding carboxylic acids is 2. The Morgan fingerprint density at radius 3 is 2.38 bits per heavy atom. The van der Waals surface area contributed by atoms with Gasteiger partial charge in [0.1, 0.15) is 0 Å². The number of hydrogen-bond donors (Lipinski definition) is 1. The van der Waals surface area contributed by atoms with Crippen LogP contribution in [0.25, 0.3) is 0 Å². The SMILES string of the molecule is COCCCC(C(=O)OC)(C(=O)OC)[C@@H]1c2ccccc2C[C@H]1N. The fraction of sp³-hybridized carbons (Fsp3) is 0.556. The van der Waals surface area contributed by atoms with Gasteiger partial charge in [-0.25, -0.2) is 0 Å². The first-order valence-corrected chi connectivity index (χ1v) is 8.02. The van der Waals surface area contributed by atoms with Crippen LogP contribution in [0.1, 0.15) is 29.9 Å². The molecule has 2 rings (SSSR count). The molecule has 0 heterocycles. The van der Waals surface area contributed by atoms with Crippen LogP contribution in [-0.2, 0) is 30.2 Å². The summed E-state index contributed by atoms with van der Waals surface area (Å²) in [4.78, 5) is 25.5. The average Bonchev–Trinajstić information content (AvgIpc) is 2.94. The summed E-state index contributed by atoms with van der Waals surface area (Å²) in [5.41, 5.74) is 6.86. The highest BCUT2D eigenvalue weighted by atomic mass is 16.5. The molecule has 0 aliphatic heterocycles. The molecule has 0 spiro atoms. The maximum atomic E-state index is 12.8. The molecule has 6 nitrogen and oxygen atoms in total. The second-order valence-corrected chi connectivity index (χ2v) is 6.10. The second kappa shape index (κ2) is 7.77. The van der Waals surface area contributed by atoms with Crippen LogP contribution in [-0.4, -0.2) is 45.9 Å². The van der Waals surface area contributed by atoms with Gasteiger partial charge in [0, 0.05) is 25.7 Å². The summed E-state index contributed by atoms with van der Waals surface area (Å²) < 4.78 is 15.1. The number of rotatable bonds is 7. The van der Waals surface area contributed by atoms with Crippen molar-refractivity contribution in [2.45, 2.75) is 31.2 Å². The quantitative estimate of drug-likeness (QED) is 0.460. The van der Waals surface area contributed by atoms with Crippen LogP contribution in [0, 0.1) is 5.41 Å². The van der Waals surface area contributed by atoms with Gasteiger partial charge in [0.2, 0.25) is 0 Å². The highest BCUT2D eigenvalue weighted by Gasteiger charge is 2.58. The zero-order valence-corrected chi connectivity index (χ0v) is 14.4. The monoisotopic (exact) mass is 335 g/mol. The van der Waals surface area contributed by atoms with Crippen molar-refractivity contribution in [2.75, 3.05) is 27.9 Å². The zero-order valence-electron chi connectivity index (χ0n) is 14.4. The molecule has 2 N–H and O–H groups in total. The van der Waals surface area contributed by atoms with Crippen molar-refractivity contribution >= 4 is 11.9 Å². The normalized spacial score (nSPS) is 19.7. The fourth-order valence-corrected chi connectivity index (χ4v) is 3.81. The van der Waals surface area contributed by atoms with E-state index in [0.717, 1.165) is 11.1 Å². The molecular weight excluding hydrogens is 310 g/mol. The molecular formula is C18H25NO5. The van der Waals surface area contributed by atoms with E-state index >= 15 is 0 Å². The molecule has 0 saturated heterocycles.